The summed E-state index contributed by atoms with van der Waals surface area (Å²) in [7, 11) is 0. The molecular formula is C63H55GeIrN2S. The molecule has 0 radical (unpaired) electrons. The van der Waals surface area contributed by atoms with Crippen molar-refractivity contribution in [1.82, 2.24) is 9.55 Å². The molecule has 0 aliphatic heterocycles. The Bertz CT molecular complexity index is 3610. The molecule has 336 valence electrons. The Morgan fingerprint density at radius 1 is 0.632 bits per heavy atom. The van der Waals surface area contributed by atoms with Crippen molar-refractivity contribution in [3.63, 3.8) is 0 Å². The number of aromatic nitrogens is 2. The van der Waals surface area contributed by atoms with Gasteiger partial charge in [0.2, 0.25) is 0 Å². The third kappa shape index (κ3) is 9.20. The van der Waals surface area contributed by atoms with Crippen LogP contribution in [0.25, 0.3) is 92.4 Å². The second-order valence-corrected chi connectivity index (χ2v) is 31.4. The Hall–Kier alpha value is -5.88. The van der Waals surface area contributed by atoms with E-state index in [1.165, 1.54) is 68.8 Å². The molecule has 0 unspecified atom stereocenters. The summed E-state index contributed by atoms with van der Waals surface area (Å²) in [5.41, 5.74) is 13.5. The number of para-hydroxylation sites is 1. The van der Waals surface area contributed by atoms with Gasteiger partial charge >= 0.3 is 141 Å². The number of nitrogens with zero attached hydrogens (tertiary/aromatic N) is 2. The monoisotopic (exact) mass is 1140 g/mol. The topological polar surface area (TPSA) is 17.8 Å². The Labute approximate surface area is 423 Å². The van der Waals surface area contributed by atoms with Gasteiger partial charge in [-0.1, -0.05) is 147 Å². The van der Waals surface area contributed by atoms with Crippen molar-refractivity contribution in [2.75, 3.05) is 0 Å². The molecule has 5 heteroatoms. The second-order valence-electron chi connectivity index (χ2n) is 19.8. The maximum absolute atomic E-state index is 8.46. The number of benzene rings is 9. The van der Waals surface area contributed by atoms with Crippen molar-refractivity contribution in [1.29, 1.82) is 0 Å². The summed E-state index contributed by atoms with van der Waals surface area (Å²) < 4.78 is 14.7. The number of hydrogen-bond donors (Lipinski definition) is 0. The fourth-order valence-electron chi connectivity index (χ4n) is 9.36. The van der Waals surface area contributed by atoms with Gasteiger partial charge in [-0.3, -0.25) is 4.98 Å². The van der Waals surface area contributed by atoms with E-state index in [9.17, 15) is 0 Å². The average Bonchev–Trinajstić information content (AvgIpc) is 3.90. The minimum Gasteiger partial charge on any atom is 3.00 e. The number of fused-ring (bicyclic) bond motifs is 5. The van der Waals surface area contributed by atoms with Gasteiger partial charge in [0.05, 0.1) is 22.5 Å². The van der Waals surface area contributed by atoms with Gasteiger partial charge in [0.15, 0.2) is 0 Å². The predicted octanol–water partition coefficient (Wildman–Crippen LogP) is 17.3. The molecule has 0 fully saturated rings. The van der Waals surface area contributed by atoms with E-state index in [0.717, 1.165) is 39.1 Å². The summed E-state index contributed by atoms with van der Waals surface area (Å²) in [4.78, 5) is 5.49. The molecule has 0 saturated heterocycles. The van der Waals surface area contributed by atoms with Crippen LogP contribution >= 0.6 is 11.3 Å². The van der Waals surface area contributed by atoms with Gasteiger partial charge < -0.3 is 4.57 Å². The Kier molecular flexibility index (Phi) is 13.0. The molecule has 68 heavy (non-hydrogen) atoms. The van der Waals surface area contributed by atoms with Crippen molar-refractivity contribution < 1.29 is 21.5 Å². The molecule has 11 rings (SSSR count). The van der Waals surface area contributed by atoms with Crippen LogP contribution in [0.1, 0.15) is 53.0 Å². The maximum Gasteiger partial charge on any atom is 3.00 e. The zero-order valence-corrected chi connectivity index (χ0v) is 45.3. The van der Waals surface area contributed by atoms with Gasteiger partial charge in [-0.05, 0) is 66.7 Å². The van der Waals surface area contributed by atoms with Crippen molar-refractivity contribution in [3.8, 4) is 50.5 Å². The first-order valence-corrected chi connectivity index (χ1v) is 31.4. The fourth-order valence-corrected chi connectivity index (χ4v) is 14.0. The van der Waals surface area contributed by atoms with E-state index in [-0.39, 0.29) is 25.5 Å². The van der Waals surface area contributed by atoms with E-state index in [4.69, 9.17) is 6.35 Å². The first kappa shape index (κ1) is 45.9. The van der Waals surface area contributed by atoms with Crippen molar-refractivity contribution in [3.05, 3.63) is 211 Å². The summed E-state index contributed by atoms with van der Waals surface area (Å²) in [6.45, 7) is 10.9. The number of hydrogen-bond acceptors (Lipinski definition) is 2. The molecule has 0 aliphatic carbocycles. The molecule has 9 aromatic carbocycles. The molecule has 0 bridgehead atoms. The smallest absolute Gasteiger partial charge is 3.00 e. The van der Waals surface area contributed by atoms with E-state index in [2.05, 4.69) is 219 Å². The molecule has 0 aliphatic rings. The normalized spacial score (nSPS) is 12.2. The van der Waals surface area contributed by atoms with E-state index in [1.54, 1.807) is 0 Å². The van der Waals surface area contributed by atoms with Gasteiger partial charge in [-0.2, -0.15) is 11.3 Å². The van der Waals surface area contributed by atoms with E-state index in [0.29, 0.717) is 0 Å². The molecular weight excluding hydrogens is 1080 g/mol. The average molecular weight is 1140 g/mol. The first-order valence-electron chi connectivity index (χ1n) is 23.7. The largest absolute Gasteiger partial charge is 3.00 e. The van der Waals surface area contributed by atoms with Gasteiger partial charge in [-0.25, -0.2) is 0 Å². The Morgan fingerprint density at radius 2 is 1.32 bits per heavy atom. The minimum atomic E-state index is -1.99. The van der Waals surface area contributed by atoms with E-state index >= 15 is 0 Å². The molecule has 0 saturated carbocycles. The van der Waals surface area contributed by atoms with Crippen LogP contribution < -0.4 is 4.40 Å². The summed E-state index contributed by atoms with van der Waals surface area (Å²) in [6, 6.07) is 75.0. The summed E-state index contributed by atoms with van der Waals surface area (Å²) in [5.74, 6) is 7.44. The molecule has 0 spiro atoms. The summed E-state index contributed by atoms with van der Waals surface area (Å²) in [6.07, 6.45) is 0. The van der Waals surface area contributed by atoms with Crippen LogP contribution in [-0.2, 0) is 25.5 Å². The number of thiophene rings is 1. The molecule has 11 aromatic rings. The number of rotatable bonds is 7. The summed E-state index contributed by atoms with van der Waals surface area (Å²) >= 11 is -0.160. The van der Waals surface area contributed by atoms with E-state index in [1.807, 2.05) is 49.4 Å². The summed E-state index contributed by atoms with van der Waals surface area (Å²) in [5, 5.41) is 4.88. The SMILES string of the molecule is CC(C)(C)c1cccc(-c2ccccc2)c1-n1c(-c2[c-]ccc3c2sc2cc(-c4ccccc4)ccc23)nc2cc3ccccc3cc21.[2H]C(C)(C)c1cc(-c2[c-]cccc2)[c-]c[c]1[Ge]([CH3])([CH3])[CH3].[Ir+3]. The third-order valence-corrected chi connectivity index (χ3v) is 18.2. The van der Waals surface area contributed by atoms with Crippen LogP contribution in [0.2, 0.25) is 17.3 Å². The van der Waals surface area contributed by atoms with Gasteiger partial charge in [0.25, 0.3) is 0 Å². The van der Waals surface area contributed by atoms with Crippen molar-refractivity contribution in [2.45, 2.75) is 63.2 Å². The van der Waals surface area contributed by atoms with E-state index < -0.39 is 19.2 Å². The fraction of sp³-hybridized carbons (Fsp3) is 0.159. The molecule has 0 atom stereocenters. The van der Waals surface area contributed by atoms with Crippen LogP contribution in [-0.4, -0.2) is 22.8 Å². The quantitative estimate of drug-likeness (QED) is 0.115. The van der Waals surface area contributed by atoms with Crippen LogP contribution in [0, 0.1) is 18.2 Å². The van der Waals surface area contributed by atoms with Crippen molar-refractivity contribution >= 4 is 71.0 Å². The van der Waals surface area contributed by atoms with Gasteiger partial charge in [0, 0.05) is 10.3 Å². The van der Waals surface area contributed by atoms with Gasteiger partial charge in [0.1, 0.15) is 0 Å². The molecule has 2 heterocycles. The Balaban J connectivity index is 0.000000238. The molecule has 0 amide bonds. The Morgan fingerprint density at radius 3 is 2.00 bits per heavy atom. The minimum absolute atomic E-state index is 0. The van der Waals surface area contributed by atoms with Gasteiger partial charge in [-0.15, -0.1) is 18.2 Å². The molecule has 0 N–H and O–H groups in total. The molecule has 2 nitrogen and oxygen atoms in total. The van der Waals surface area contributed by atoms with Crippen LogP contribution in [0.3, 0.4) is 0 Å². The van der Waals surface area contributed by atoms with Crippen LogP contribution in [0.15, 0.2) is 182 Å². The number of imidazole rings is 1. The third-order valence-electron chi connectivity index (χ3n) is 12.7. The molecule has 2 aromatic heterocycles. The second kappa shape index (κ2) is 19.3. The predicted molar refractivity (Wildman–Crippen MR) is 292 cm³/mol. The zero-order valence-electron chi connectivity index (χ0n) is 41.0. The van der Waals surface area contributed by atoms with Crippen LogP contribution in [0.5, 0.6) is 0 Å². The first-order chi connectivity index (χ1) is 32.6. The van der Waals surface area contributed by atoms with Crippen LogP contribution in [0.4, 0.5) is 0 Å². The maximum atomic E-state index is 8.46. The zero-order chi connectivity index (χ0) is 47.4. The van der Waals surface area contributed by atoms with Crippen molar-refractivity contribution in [2.24, 2.45) is 0 Å². The standard InChI is InChI=1S/C45H33N2S.C18H22Ge.Ir/c1-45(2,3)38-23-13-20-34(30-16-8-5-9-17-30)42(38)47-40-27-32-19-11-10-18-31(32)26-39(40)46-44(47)37-22-12-21-36-35-25-24-33(28-41(35)48-43(36)37)29-14-6-4-7-15-29;1-14(2)17-13-16(15-9-7-6-8-10-15)11-12-18(17)19(3,4)5;/h4-21,23-28H,1-3H3;6-9,12-14H,1-5H3;/q-1;-2;+3/i;14D;.